The Bertz CT molecular complexity index is 510. The monoisotopic (exact) mass is 263 g/mol. The predicted molar refractivity (Wildman–Crippen MR) is 66.4 cm³/mol. The molecule has 7 nitrogen and oxygen atoms in total. The summed E-state index contributed by atoms with van der Waals surface area (Å²) in [6.07, 6.45) is -1.58. The van der Waals surface area contributed by atoms with Crippen molar-refractivity contribution in [3.8, 4) is 6.07 Å². The van der Waals surface area contributed by atoms with E-state index in [0.29, 0.717) is 11.3 Å². The first-order valence-electron chi connectivity index (χ1n) is 5.49. The molecule has 0 aromatic heterocycles. The number of urea groups is 1. The van der Waals surface area contributed by atoms with E-state index in [1.807, 2.05) is 6.07 Å². The average Bonchev–Trinajstić information content (AvgIpc) is 2.38. The van der Waals surface area contributed by atoms with Gasteiger partial charge in [0.05, 0.1) is 11.6 Å². The van der Waals surface area contributed by atoms with Gasteiger partial charge in [0.15, 0.2) is 6.10 Å². The van der Waals surface area contributed by atoms with Crippen molar-refractivity contribution >= 4 is 17.7 Å². The number of aliphatic hydroxyl groups is 1. The van der Waals surface area contributed by atoms with Gasteiger partial charge in [-0.2, -0.15) is 5.26 Å². The molecule has 0 spiro atoms. The lowest BCUT2D eigenvalue weighted by Gasteiger charge is -2.09. The van der Waals surface area contributed by atoms with Gasteiger partial charge in [-0.05, 0) is 18.2 Å². The zero-order valence-corrected chi connectivity index (χ0v) is 9.96. The average molecular weight is 263 g/mol. The number of anilines is 1. The number of carboxylic acid groups (broad SMARTS) is 1. The summed E-state index contributed by atoms with van der Waals surface area (Å²) in [5.41, 5.74) is 0.870. The highest BCUT2D eigenvalue weighted by Crippen LogP contribution is 2.09. The number of hydrogen-bond donors (Lipinski definition) is 4. The number of carboxylic acids is 1. The van der Waals surface area contributed by atoms with E-state index in [4.69, 9.17) is 15.5 Å². The van der Waals surface area contributed by atoms with E-state index in [9.17, 15) is 9.59 Å². The summed E-state index contributed by atoms with van der Waals surface area (Å²) in [6, 6.07) is 7.76. The van der Waals surface area contributed by atoms with Gasteiger partial charge in [-0.25, -0.2) is 9.59 Å². The van der Waals surface area contributed by atoms with Crippen LogP contribution in [0, 0.1) is 11.3 Å². The summed E-state index contributed by atoms with van der Waals surface area (Å²) < 4.78 is 0. The maximum Gasteiger partial charge on any atom is 0.332 e. The van der Waals surface area contributed by atoms with Crippen LogP contribution in [0.25, 0.3) is 0 Å². The Morgan fingerprint density at radius 2 is 2.16 bits per heavy atom. The van der Waals surface area contributed by atoms with Crippen molar-refractivity contribution in [2.45, 2.75) is 12.5 Å². The standard InChI is InChI=1S/C12H13N3O4/c13-7-8-2-1-3-9(6-8)15-12(19)14-5-4-10(16)11(17)18/h1-3,6,10,16H,4-5H2,(H,17,18)(H2,14,15,19). The third kappa shape index (κ3) is 5.06. The summed E-state index contributed by atoms with van der Waals surface area (Å²) in [5, 5.41) is 31.0. The number of benzene rings is 1. The van der Waals surface area contributed by atoms with E-state index >= 15 is 0 Å². The summed E-state index contributed by atoms with van der Waals surface area (Å²) in [4.78, 5) is 21.8. The second-order valence-electron chi connectivity index (χ2n) is 3.72. The molecule has 0 bridgehead atoms. The van der Waals surface area contributed by atoms with Crippen LogP contribution in [0.1, 0.15) is 12.0 Å². The molecular weight excluding hydrogens is 250 g/mol. The van der Waals surface area contributed by atoms with Gasteiger partial charge < -0.3 is 20.8 Å². The van der Waals surface area contributed by atoms with E-state index in [1.165, 1.54) is 6.07 Å². The number of hydrogen-bond acceptors (Lipinski definition) is 4. The van der Waals surface area contributed by atoms with E-state index < -0.39 is 18.1 Å². The Labute approximate surface area is 109 Å². The van der Waals surface area contributed by atoms with Crippen LogP contribution >= 0.6 is 0 Å². The molecule has 4 N–H and O–H groups in total. The van der Waals surface area contributed by atoms with Crippen molar-refractivity contribution in [3.05, 3.63) is 29.8 Å². The smallest absolute Gasteiger partial charge is 0.332 e. The number of nitrogens with zero attached hydrogens (tertiary/aromatic N) is 1. The van der Waals surface area contributed by atoms with Gasteiger partial charge >= 0.3 is 12.0 Å². The second-order valence-corrected chi connectivity index (χ2v) is 3.72. The molecule has 1 rings (SSSR count). The maximum atomic E-state index is 11.4. The van der Waals surface area contributed by atoms with Crippen LogP contribution in [0.4, 0.5) is 10.5 Å². The number of nitrogens with one attached hydrogen (secondary N) is 2. The first kappa shape index (κ1) is 14.5. The number of aliphatic hydroxyl groups excluding tert-OH is 1. The normalized spacial score (nSPS) is 11.2. The van der Waals surface area contributed by atoms with Crippen molar-refractivity contribution in [2.75, 3.05) is 11.9 Å². The number of carbonyl (C=O) groups excluding carboxylic acids is 1. The molecule has 1 atom stereocenters. The number of amides is 2. The van der Waals surface area contributed by atoms with Crippen LogP contribution in [-0.4, -0.2) is 34.9 Å². The van der Waals surface area contributed by atoms with Gasteiger partial charge in [0.1, 0.15) is 0 Å². The molecule has 100 valence electrons. The molecule has 0 aliphatic rings. The Kier molecular flexibility index (Phi) is 5.32. The fourth-order valence-corrected chi connectivity index (χ4v) is 1.29. The Hall–Kier alpha value is -2.59. The summed E-state index contributed by atoms with van der Waals surface area (Å²) in [7, 11) is 0. The largest absolute Gasteiger partial charge is 0.479 e. The first-order chi connectivity index (χ1) is 9.02. The Morgan fingerprint density at radius 3 is 2.79 bits per heavy atom. The molecule has 0 radical (unpaired) electrons. The molecule has 0 heterocycles. The van der Waals surface area contributed by atoms with Crippen molar-refractivity contribution in [2.24, 2.45) is 0 Å². The van der Waals surface area contributed by atoms with Gasteiger partial charge in [0.25, 0.3) is 0 Å². The maximum absolute atomic E-state index is 11.4. The molecule has 0 aliphatic carbocycles. The SMILES string of the molecule is N#Cc1cccc(NC(=O)NCCC(O)C(=O)O)c1. The molecule has 7 heteroatoms. The summed E-state index contributed by atoms with van der Waals surface area (Å²) in [5.74, 6) is -1.33. The lowest BCUT2D eigenvalue weighted by molar-refractivity contribution is -0.146. The minimum atomic E-state index is -1.50. The third-order valence-electron chi connectivity index (χ3n) is 2.24. The zero-order chi connectivity index (χ0) is 14.3. The highest BCUT2D eigenvalue weighted by Gasteiger charge is 2.12. The van der Waals surface area contributed by atoms with Crippen molar-refractivity contribution in [3.63, 3.8) is 0 Å². The number of carbonyl (C=O) groups is 2. The molecular formula is C12H13N3O4. The molecule has 0 saturated heterocycles. The van der Waals surface area contributed by atoms with Crippen LogP contribution in [0.2, 0.25) is 0 Å². The Balaban J connectivity index is 2.39. The lowest BCUT2D eigenvalue weighted by atomic mass is 10.2. The van der Waals surface area contributed by atoms with Crippen molar-refractivity contribution < 1.29 is 19.8 Å². The van der Waals surface area contributed by atoms with Crippen LogP contribution in [0.15, 0.2) is 24.3 Å². The lowest BCUT2D eigenvalue weighted by Crippen LogP contribution is -2.33. The Morgan fingerprint density at radius 1 is 1.42 bits per heavy atom. The molecule has 2 amide bonds. The molecule has 19 heavy (non-hydrogen) atoms. The zero-order valence-electron chi connectivity index (χ0n) is 9.96. The van der Waals surface area contributed by atoms with Crippen molar-refractivity contribution in [1.29, 1.82) is 5.26 Å². The molecule has 1 aromatic carbocycles. The van der Waals surface area contributed by atoms with Crippen molar-refractivity contribution in [1.82, 2.24) is 5.32 Å². The van der Waals surface area contributed by atoms with Crippen LogP contribution in [-0.2, 0) is 4.79 Å². The van der Waals surface area contributed by atoms with Crippen LogP contribution in [0.3, 0.4) is 0 Å². The number of rotatable bonds is 5. The van der Waals surface area contributed by atoms with Crippen LogP contribution in [0.5, 0.6) is 0 Å². The topological polar surface area (TPSA) is 122 Å². The summed E-state index contributed by atoms with van der Waals surface area (Å²) >= 11 is 0. The van der Waals surface area contributed by atoms with E-state index in [-0.39, 0.29) is 13.0 Å². The van der Waals surface area contributed by atoms with Gasteiger partial charge in [-0.15, -0.1) is 0 Å². The number of nitriles is 1. The molecule has 0 fully saturated rings. The second kappa shape index (κ2) is 6.98. The van der Waals surface area contributed by atoms with Crippen LogP contribution < -0.4 is 10.6 Å². The number of aliphatic carboxylic acids is 1. The molecule has 1 aromatic rings. The van der Waals surface area contributed by atoms with Gasteiger partial charge in [0, 0.05) is 18.7 Å². The van der Waals surface area contributed by atoms with Gasteiger partial charge in [-0.1, -0.05) is 6.07 Å². The van der Waals surface area contributed by atoms with E-state index in [2.05, 4.69) is 10.6 Å². The van der Waals surface area contributed by atoms with E-state index in [0.717, 1.165) is 0 Å². The fraction of sp³-hybridized carbons (Fsp3) is 0.250. The predicted octanol–water partition coefficient (Wildman–Crippen LogP) is 0.515. The van der Waals surface area contributed by atoms with E-state index in [1.54, 1.807) is 18.2 Å². The van der Waals surface area contributed by atoms with Gasteiger partial charge in [0.2, 0.25) is 0 Å². The molecule has 0 aliphatic heterocycles. The minimum absolute atomic E-state index is 0.0250. The quantitative estimate of drug-likeness (QED) is 0.616. The highest BCUT2D eigenvalue weighted by atomic mass is 16.4. The molecule has 0 saturated carbocycles. The minimum Gasteiger partial charge on any atom is -0.479 e. The highest BCUT2D eigenvalue weighted by molar-refractivity contribution is 5.89. The van der Waals surface area contributed by atoms with Gasteiger partial charge in [-0.3, -0.25) is 0 Å². The third-order valence-corrected chi connectivity index (χ3v) is 2.24. The summed E-state index contributed by atoms with van der Waals surface area (Å²) in [6.45, 7) is 0.0250. The fourth-order valence-electron chi connectivity index (χ4n) is 1.29. The molecule has 1 unspecified atom stereocenters. The first-order valence-corrected chi connectivity index (χ1v) is 5.49.